The maximum Gasteiger partial charge on any atom is 0.145 e. The van der Waals surface area contributed by atoms with Crippen molar-refractivity contribution in [1.82, 2.24) is 19.8 Å². The Balaban J connectivity index is 1.38. The fourth-order valence-electron chi connectivity index (χ4n) is 4.89. The van der Waals surface area contributed by atoms with Crippen molar-refractivity contribution in [1.29, 1.82) is 0 Å². The van der Waals surface area contributed by atoms with Crippen molar-refractivity contribution in [2.24, 2.45) is 0 Å². The van der Waals surface area contributed by atoms with Crippen molar-refractivity contribution in [2.75, 3.05) is 51.7 Å². The summed E-state index contributed by atoms with van der Waals surface area (Å²) in [5.74, 6) is 1.41. The molecule has 8 nitrogen and oxygen atoms in total. The van der Waals surface area contributed by atoms with Crippen molar-refractivity contribution in [3.63, 3.8) is 0 Å². The molecule has 0 saturated carbocycles. The second kappa shape index (κ2) is 11.8. The zero-order valence-electron chi connectivity index (χ0n) is 21.0. The minimum absolute atomic E-state index is 0.0327. The van der Waals surface area contributed by atoms with Crippen molar-refractivity contribution >= 4 is 34.0 Å². The number of anilines is 2. The highest BCUT2D eigenvalue weighted by Crippen LogP contribution is 2.37. The first-order valence-electron chi connectivity index (χ1n) is 12.8. The minimum Gasteiger partial charge on any atom is -0.493 e. The van der Waals surface area contributed by atoms with Gasteiger partial charge in [0.25, 0.3) is 0 Å². The topological polar surface area (TPSA) is 83.0 Å². The third-order valence-corrected chi connectivity index (χ3v) is 7.24. The van der Waals surface area contributed by atoms with Crippen molar-refractivity contribution in [3.8, 4) is 11.5 Å². The van der Waals surface area contributed by atoms with E-state index in [1.807, 2.05) is 12.1 Å². The number of piperidine rings is 1. The van der Waals surface area contributed by atoms with Gasteiger partial charge in [-0.2, -0.15) is 0 Å². The molecule has 0 amide bonds. The van der Waals surface area contributed by atoms with Crippen molar-refractivity contribution in [3.05, 3.63) is 47.5 Å². The predicted octanol–water partition coefficient (Wildman–Crippen LogP) is 4.47. The second-order valence-electron chi connectivity index (χ2n) is 9.86. The molecule has 2 aromatic carbocycles. The lowest BCUT2D eigenvalue weighted by Gasteiger charge is -2.30. The molecule has 198 valence electrons. The summed E-state index contributed by atoms with van der Waals surface area (Å²) in [6, 6.07) is 8.26. The van der Waals surface area contributed by atoms with E-state index in [1.54, 1.807) is 6.07 Å². The number of halogens is 2. The molecule has 2 aliphatic heterocycles. The quantitative estimate of drug-likeness (QED) is 0.393. The van der Waals surface area contributed by atoms with E-state index >= 15 is 0 Å². The van der Waals surface area contributed by atoms with Gasteiger partial charge in [0, 0.05) is 50.5 Å². The molecule has 3 heterocycles. The standard InChI is InChI=1S/C27H33ClFN5O3/c1-33-9-6-20(7-10-33)37-25-15-21(36-12-2-8-34-11-5-19(35)16-34)14-24-26(25)27(31-17-30-24)32-18-3-4-23(29)22(28)13-18/h3-4,13-15,17,19-20,35H,2,5-12,16H2,1H3,(H,30,31,32). The maximum atomic E-state index is 13.7. The first-order valence-corrected chi connectivity index (χ1v) is 13.2. The van der Waals surface area contributed by atoms with Crippen molar-refractivity contribution < 1.29 is 19.0 Å². The molecule has 3 aromatic rings. The van der Waals surface area contributed by atoms with Gasteiger partial charge in [0.15, 0.2) is 0 Å². The van der Waals surface area contributed by atoms with E-state index < -0.39 is 5.82 Å². The number of ether oxygens (including phenoxy) is 2. The number of hydrogen-bond acceptors (Lipinski definition) is 8. The minimum atomic E-state index is -0.478. The van der Waals surface area contributed by atoms with E-state index in [4.69, 9.17) is 21.1 Å². The molecule has 2 aliphatic rings. The van der Waals surface area contributed by atoms with E-state index in [2.05, 4.69) is 32.1 Å². The van der Waals surface area contributed by atoms with E-state index in [0.717, 1.165) is 63.8 Å². The number of aliphatic hydroxyl groups excluding tert-OH is 1. The van der Waals surface area contributed by atoms with Gasteiger partial charge in [-0.05, 0) is 50.9 Å². The number of β-amino-alcohol motifs (C(OH)–C–C–N with tert-alkyl or cyclic N) is 1. The van der Waals surface area contributed by atoms with Crippen LogP contribution in [0.25, 0.3) is 10.9 Å². The average Bonchev–Trinajstić information content (AvgIpc) is 3.30. The van der Waals surface area contributed by atoms with E-state index in [1.165, 1.54) is 18.5 Å². The lowest BCUT2D eigenvalue weighted by Crippen LogP contribution is -2.35. The Morgan fingerprint density at radius 2 is 1.97 bits per heavy atom. The van der Waals surface area contributed by atoms with Gasteiger partial charge in [-0.3, -0.25) is 0 Å². The van der Waals surface area contributed by atoms with E-state index in [0.29, 0.717) is 35.1 Å². The molecule has 0 aliphatic carbocycles. The van der Waals surface area contributed by atoms with Crippen LogP contribution in [0.2, 0.25) is 5.02 Å². The SMILES string of the molecule is CN1CCC(Oc2cc(OCCCN3CCC(O)C3)cc3ncnc(Nc4ccc(F)c(Cl)c4)c23)CC1. The van der Waals surface area contributed by atoms with E-state index in [-0.39, 0.29) is 17.2 Å². The molecule has 37 heavy (non-hydrogen) atoms. The lowest BCUT2D eigenvalue weighted by molar-refractivity contribution is 0.115. The number of nitrogens with one attached hydrogen (secondary N) is 1. The molecule has 0 bridgehead atoms. The van der Waals surface area contributed by atoms with Crippen molar-refractivity contribution in [2.45, 2.75) is 37.9 Å². The molecule has 2 fully saturated rings. The summed E-state index contributed by atoms with van der Waals surface area (Å²) in [5, 5.41) is 13.7. The number of nitrogens with zero attached hydrogens (tertiary/aromatic N) is 4. The number of likely N-dealkylation sites (tertiary alicyclic amines) is 2. The fourth-order valence-corrected chi connectivity index (χ4v) is 5.07. The van der Waals surface area contributed by atoms with Crippen LogP contribution in [0.1, 0.15) is 25.7 Å². The molecule has 2 N–H and O–H groups in total. The van der Waals surface area contributed by atoms with Gasteiger partial charge >= 0.3 is 0 Å². The largest absolute Gasteiger partial charge is 0.493 e. The monoisotopic (exact) mass is 529 g/mol. The summed E-state index contributed by atoms with van der Waals surface area (Å²) in [7, 11) is 2.12. The normalized spacial score (nSPS) is 19.4. The summed E-state index contributed by atoms with van der Waals surface area (Å²) < 4.78 is 26.3. The average molecular weight is 530 g/mol. The van der Waals surface area contributed by atoms with Gasteiger partial charge in [-0.15, -0.1) is 0 Å². The van der Waals surface area contributed by atoms with Gasteiger partial charge in [0.1, 0.15) is 35.6 Å². The summed E-state index contributed by atoms with van der Waals surface area (Å²) in [5.41, 5.74) is 1.30. The number of rotatable bonds is 9. The number of benzene rings is 2. The molecule has 0 radical (unpaired) electrons. The third kappa shape index (κ3) is 6.59. The van der Waals surface area contributed by atoms with Gasteiger partial charge < -0.3 is 29.7 Å². The highest BCUT2D eigenvalue weighted by Gasteiger charge is 2.22. The maximum absolute atomic E-state index is 13.7. The molecule has 1 unspecified atom stereocenters. The molecule has 1 aromatic heterocycles. The summed E-state index contributed by atoms with van der Waals surface area (Å²) >= 11 is 5.99. The molecule has 2 saturated heterocycles. The van der Waals surface area contributed by atoms with Crippen LogP contribution in [0.4, 0.5) is 15.9 Å². The predicted molar refractivity (Wildman–Crippen MR) is 143 cm³/mol. The fraction of sp³-hybridized carbons (Fsp3) is 0.481. The second-order valence-corrected chi connectivity index (χ2v) is 10.3. The van der Waals surface area contributed by atoms with Crippen LogP contribution in [-0.2, 0) is 0 Å². The molecular formula is C27H33ClFN5O3. The van der Waals surface area contributed by atoms with Gasteiger partial charge in [-0.1, -0.05) is 11.6 Å². The summed E-state index contributed by atoms with van der Waals surface area (Å²) in [6.45, 7) is 5.05. The van der Waals surface area contributed by atoms with Crippen LogP contribution >= 0.6 is 11.6 Å². The van der Waals surface area contributed by atoms with Crippen LogP contribution in [-0.4, -0.2) is 83.5 Å². The number of hydrogen-bond donors (Lipinski definition) is 2. The Bertz CT molecular complexity index is 1220. The van der Waals surface area contributed by atoms with Crippen LogP contribution in [0.5, 0.6) is 11.5 Å². The number of aliphatic hydroxyl groups is 1. The number of fused-ring (bicyclic) bond motifs is 1. The Hall–Kier alpha value is -2.72. The molecule has 1 atom stereocenters. The Morgan fingerprint density at radius 3 is 2.73 bits per heavy atom. The van der Waals surface area contributed by atoms with Gasteiger partial charge in [-0.25, -0.2) is 14.4 Å². The van der Waals surface area contributed by atoms with Crippen LogP contribution in [0.15, 0.2) is 36.7 Å². The first-order chi connectivity index (χ1) is 17.9. The van der Waals surface area contributed by atoms with Crippen LogP contribution in [0, 0.1) is 5.82 Å². The van der Waals surface area contributed by atoms with Gasteiger partial charge in [0.2, 0.25) is 0 Å². The first kappa shape index (κ1) is 25.9. The summed E-state index contributed by atoms with van der Waals surface area (Å²) in [4.78, 5) is 13.5. The molecule has 5 rings (SSSR count). The molecule has 0 spiro atoms. The molecular weight excluding hydrogens is 497 g/mol. The summed E-state index contributed by atoms with van der Waals surface area (Å²) in [6.07, 6.45) is 4.89. The Kier molecular flexibility index (Phi) is 8.24. The van der Waals surface area contributed by atoms with Gasteiger partial charge in [0.05, 0.1) is 28.6 Å². The number of aromatic nitrogens is 2. The zero-order chi connectivity index (χ0) is 25.8. The van der Waals surface area contributed by atoms with Crippen LogP contribution in [0.3, 0.4) is 0 Å². The Morgan fingerprint density at radius 1 is 1.14 bits per heavy atom. The smallest absolute Gasteiger partial charge is 0.145 e. The highest BCUT2D eigenvalue weighted by molar-refractivity contribution is 6.31. The molecule has 10 heteroatoms. The highest BCUT2D eigenvalue weighted by atomic mass is 35.5. The van der Waals surface area contributed by atoms with E-state index in [9.17, 15) is 9.50 Å². The van der Waals surface area contributed by atoms with Crippen LogP contribution < -0.4 is 14.8 Å². The third-order valence-electron chi connectivity index (χ3n) is 6.95. The Labute approximate surface area is 221 Å². The lowest BCUT2D eigenvalue weighted by atomic mass is 10.1. The zero-order valence-corrected chi connectivity index (χ0v) is 21.8.